The van der Waals surface area contributed by atoms with Crippen LogP contribution in [-0.4, -0.2) is 40.8 Å². The van der Waals surface area contributed by atoms with E-state index in [1.165, 1.54) is 43.5 Å². The molecule has 3 rings (SSSR count). The molecule has 0 spiro atoms. The predicted molar refractivity (Wildman–Crippen MR) is 112 cm³/mol. The van der Waals surface area contributed by atoms with E-state index in [4.69, 9.17) is 14.6 Å². The number of carbonyl (C=O) groups is 3. The molecule has 2 aromatic carbocycles. The average Bonchev–Trinajstić information content (AvgIpc) is 2.96. The van der Waals surface area contributed by atoms with Crippen LogP contribution in [0.3, 0.4) is 0 Å². The van der Waals surface area contributed by atoms with E-state index in [1.807, 2.05) is 0 Å². The Bertz CT molecular complexity index is 1040. The lowest BCUT2D eigenvalue weighted by Gasteiger charge is -2.13. The van der Waals surface area contributed by atoms with Crippen LogP contribution in [0.5, 0.6) is 11.5 Å². The van der Waals surface area contributed by atoms with Gasteiger partial charge in [0.25, 0.3) is 11.1 Å². The third-order valence-corrected chi connectivity index (χ3v) is 5.64. The standard InChI is InChI=1S/C20H15BrFNO6S/c1-28-15-6-12(14(21)8-16(15)29-10-18(24)25)7-17-19(26)23(20(27)30-17)9-11-2-4-13(22)5-3-11/h2-8H,9-10H2,1H3,(H,24,25)/b17-7-. The van der Waals surface area contributed by atoms with Crippen LogP contribution in [0.25, 0.3) is 6.08 Å². The molecule has 30 heavy (non-hydrogen) atoms. The van der Waals surface area contributed by atoms with Gasteiger partial charge in [-0.2, -0.15) is 0 Å². The van der Waals surface area contributed by atoms with Gasteiger partial charge < -0.3 is 14.6 Å². The molecule has 0 aliphatic carbocycles. The van der Waals surface area contributed by atoms with Gasteiger partial charge in [-0.05, 0) is 53.2 Å². The van der Waals surface area contributed by atoms with Gasteiger partial charge >= 0.3 is 5.97 Å². The smallest absolute Gasteiger partial charge is 0.341 e. The number of amides is 2. The number of imide groups is 1. The van der Waals surface area contributed by atoms with Gasteiger partial charge in [-0.3, -0.25) is 14.5 Å². The number of nitrogens with zero attached hydrogens (tertiary/aromatic N) is 1. The van der Waals surface area contributed by atoms with E-state index in [2.05, 4.69) is 15.9 Å². The Morgan fingerprint density at radius 2 is 1.93 bits per heavy atom. The summed E-state index contributed by atoms with van der Waals surface area (Å²) in [7, 11) is 1.40. The van der Waals surface area contributed by atoms with Gasteiger partial charge in [-0.1, -0.05) is 28.1 Å². The molecule has 0 bridgehead atoms. The summed E-state index contributed by atoms with van der Waals surface area (Å²) in [6.07, 6.45) is 1.53. The number of carbonyl (C=O) groups excluding carboxylic acids is 2. The zero-order valence-electron chi connectivity index (χ0n) is 15.6. The number of carboxylic acid groups (broad SMARTS) is 1. The lowest BCUT2D eigenvalue weighted by Crippen LogP contribution is -2.27. The molecule has 2 amide bonds. The maximum Gasteiger partial charge on any atom is 0.341 e. The van der Waals surface area contributed by atoms with Crippen molar-refractivity contribution in [2.75, 3.05) is 13.7 Å². The number of thioether (sulfide) groups is 1. The maximum absolute atomic E-state index is 13.1. The molecular formula is C20H15BrFNO6S. The first-order chi connectivity index (χ1) is 14.3. The van der Waals surface area contributed by atoms with Crippen molar-refractivity contribution < 1.29 is 33.4 Å². The van der Waals surface area contributed by atoms with Gasteiger partial charge in [0, 0.05) is 4.47 Å². The summed E-state index contributed by atoms with van der Waals surface area (Å²) in [5.41, 5.74) is 1.17. The summed E-state index contributed by atoms with van der Waals surface area (Å²) in [4.78, 5) is 37.0. The third-order valence-electron chi connectivity index (χ3n) is 4.05. The highest BCUT2D eigenvalue weighted by Gasteiger charge is 2.35. The highest BCUT2D eigenvalue weighted by Crippen LogP contribution is 2.38. The molecule has 1 N–H and O–H groups in total. The maximum atomic E-state index is 13.1. The zero-order valence-corrected chi connectivity index (χ0v) is 18.0. The minimum Gasteiger partial charge on any atom is -0.493 e. The number of aliphatic carboxylic acids is 1. The van der Waals surface area contributed by atoms with Crippen LogP contribution in [-0.2, 0) is 16.1 Å². The van der Waals surface area contributed by atoms with Crippen molar-refractivity contribution >= 4 is 50.9 Å². The van der Waals surface area contributed by atoms with E-state index in [9.17, 15) is 18.8 Å². The fraction of sp³-hybridized carbons (Fsp3) is 0.150. The first-order valence-corrected chi connectivity index (χ1v) is 10.1. The van der Waals surface area contributed by atoms with Crippen molar-refractivity contribution in [2.45, 2.75) is 6.54 Å². The van der Waals surface area contributed by atoms with E-state index < -0.39 is 29.5 Å². The number of carboxylic acids is 1. The van der Waals surface area contributed by atoms with Crippen molar-refractivity contribution in [2.24, 2.45) is 0 Å². The molecule has 1 saturated heterocycles. The summed E-state index contributed by atoms with van der Waals surface area (Å²) >= 11 is 4.15. The summed E-state index contributed by atoms with van der Waals surface area (Å²) < 4.78 is 24.0. The van der Waals surface area contributed by atoms with Gasteiger partial charge in [0.15, 0.2) is 18.1 Å². The van der Waals surface area contributed by atoms with E-state index in [-0.39, 0.29) is 22.9 Å². The molecule has 10 heteroatoms. The lowest BCUT2D eigenvalue weighted by molar-refractivity contribution is -0.139. The first-order valence-electron chi connectivity index (χ1n) is 8.50. The molecule has 1 aliphatic heterocycles. The van der Waals surface area contributed by atoms with Gasteiger partial charge in [0.2, 0.25) is 0 Å². The topological polar surface area (TPSA) is 93.1 Å². The molecule has 1 fully saturated rings. The predicted octanol–water partition coefficient (Wildman–Crippen LogP) is 4.30. The fourth-order valence-electron chi connectivity index (χ4n) is 2.62. The van der Waals surface area contributed by atoms with Gasteiger partial charge in [-0.25, -0.2) is 9.18 Å². The number of methoxy groups -OCH3 is 1. The number of benzene rings is 2. The van der Waals surface area contributed by atoms with Crippen LogP contribution >= 0.6 is 27.7 Å². The Hall–Kier alpha value is -2.85. The highest BCUT2D eigenvalue weighted by molar-refractivity contribution is 9.10. The highest BCUT2D eigenvalue weighted by atomic mass is 79.9. The Morgan fingerprint density at radius 1 is 1.23 bits per heavy atom. The normalized spacial score (nSPS) is 15.0. The van der Waals surface area contributed by atoms with Crippen LogP contribution in [0.1, 0.15) is 11.1 Å². The number of rotatable bonds is 7. The van der Waals surface area contributed by atoms with Crippen molar-refractivity contribution in [3.63, 3.8) is 0 Å². The van der Waals surface area contributed by atoms with Gasteiger partial charge in [-0.15, -0.1) is 0 Å². The minimum atomic E-state index is -1.13. The van der Waals surface area contributed by atoms with Crippen LogP contribution in [0.4, 0.5) is 9.18 Å². The largest absolute Gasteiger partial charge is 0.493 e. The second-order valence-corrected chi connectivity index (χ2v) is 7.95. The average molecular weight is 496 g/mol. The van der Waals surface area contributed by atoms with E-state index in [1.54, 1.807) is 6.07 Å². The summed E-state index contributed by atoms with van der Waals surface area (Å²) in [6, 6.07) is 8.65. The Labute approximate surface area is 183 Å². The minimum absolute atomic E-state index is 0.0365. The quantitative estimate of drug-likeness (QED) is 0.572. The monoisotopic (exact) mass is 495 g/mol. The molecule has 7 nitrogen and oxygen atoms in total. The van der Waals surface area contributed by atoms with Crippen LogP contribution < -0.4 is 9.47 Å². The number of ether oxygens (including phenoxy) is 2. The Balaban J connectivity index is 1.84. The van der Waals surface area contributed by atoms with Crippen molar-refractivity contribution in [1.29, 1.82) is 0 Å². The molecule has 1 heterocycles. The third kappa shape index (κ3) is 5.00. The summed E-state index contributed by atoms with van der Waals surface area (Å²) in [5, 5.41) is 8.34. The van der Waals surface area contributed by atoms with Gasteiger partial charge in [0.05, 0.1) is 18.6 Å². The number of hydrogen-bond donors (Lipinski definition) is 1. The number of halogens is 2. The zero-order chi connectivity index (χ0) is 21.8. The lowest BCUT2D eigenvalue weighted by atomic mass is 10.1. The molecular weight excluding hydrogens is 481 g/mol. The van der Waals surface area contributed by atoms with E-state index in [0.29, 0.717) is 15.6 Å². The second-order valence-electron chi connectivity index (χ2n) is 6.10. The molecule has 0 unspecified atom stereocenters. The van der Waals surface area contributed by atoms with Crippen molar-refractivity contribution in [1.82, 2.24) is 4.90 Å². The molecule has 0 atom stereocenters. The summed E-state index contributed by atoms with van der Waals surface area (Å²) in [6.45, 7) is -0.501. The Morgan fingerprint density at radius 3 is 2.57 bits per heavy atom. The summed E-state index contributed by atoms with van der Waals surface area (Å²) in [5.74, 6) is -1.51. The molecule has 156 valence electrons. The van der Waals surface area contributed by atoms with Gasteiger partial charge in [0.1, 0.15) is 5.82 Å². The van der Waals surface area contributed by atoms with Crippen LogP contribution in [0, 0.1) is 5.82 Å². The SMILES string of the molecule is COc1cc(/C=C2\SC(=O)N(Cc3ccc(F)cc3)C2=O)c(Br)cc1OCC(=O)O. The van der Waals surface area contributed by atoms with E-state index >= 15 is 0 Å². The second kappa shape index (κ2) is 9.31. The van der Waals surface area contributed by atoms with Crippen molar-refractivity contribution in [3.8, 4) is 11.5 Å². The molecule has 2 aromatic rings. The van der Waals surface area contributed by atoms with Crippen molar-refractivity contribution in [3.05, 3.63) is 62.7 Å². The fourth-order valence-corrected chi connectivity index (χ4v) is 3.89. The number of hydrogen-bond acceptors (Lipinski definition) is 6. The van der Waals surface area contributed by atoms with Crippen LogP contribution in [0.15, 0.2) is 45.8 Å². The molecule has 0 radical (unpaired) electrons. The molecule has 1 aliphatic rings. The molecule has 0 saturated carbocycles. The Kier molecular flexibility index (Phi) is 6.78. The first kappa shape index (κ1) is 21.8. The van der Waals surface area contributed by atoms with E-state index in [0.717, 1.165) is 16.7 Å². The molecule has 0 aromatic heterocycles. The van der Waals surface area contributed by atoms with Crippen LogP contribution in [0.2, 0.25) is 0 Å².